The number of benzene rings is 1. The van der Waals surface area contributed by atoms with Crippen LogP contribution in [0.1, 0.15) is 30.4 Å². The Labute approximate surface area is 115 Å². The molecule has 0 bridgehead atoms. The maximum atomic E-state index is 4.53. The first-order valence-corrected chi connectivity index (χ1v) is 7.38. The topological polar surface area (TPSA) is 21.1 Å². The third-order valence-electron chi connectivity index (χ3n) is 4.34. The number of piperidine rings is 1. The average molecular weight is 257 g/mol. The second kappa shape index (κ2) is 5.33. The molecular formula is C16H23N3. The van der Waals surface area contributed by atoms with E-state index >= 15 is 0 Å². The number of fused-ring (bicyclic) bond motifs is 1. The second-order valence-electron chi connectivity index (χ2n) is 5.77. The quantitative estimate of drug-likeness (QED) is 0.842. The maximum absolute atomic E-state index is 4.53. The third kappa shape index (κ3) is 2.66. The fraction of sp³-hybridized carbons (Fsp3) is 0.562. The molecule has 0 unspecified atom stereocenters. The van der Waals surface area contributed by atoms with Crippen molar-refractivity contribution in [2.45, 2.75) is 39.7 Å². The molecule has 0 radical (unpaired) electrons. The van der Waals surface area contributed by atoms with Crippen molar-refractivity contribution in [3.05, 3.63) is 29.6 Å². The number of nitrogens with zero attached hydrogens (tertiary/aromatic N) is 3. The van der Waals surface area contributed by atoms with E-state index in [-0.39, 0.29) is 0 Å². The highest BCUT2D eigenvalue weighted by Gasteiger charge is 2.11. The summed E-state index contributed by atoms with van der Waals surface area (Å²) in [5, 5.41) is 0. The molecule has 1 aromatic carbocycles. The van der Waals surface area contributed by atoms with Crippen LogP contribution in [0.25, 0.3) is 11.0 Å². The molecular weight excluding hydrogens is 234 g/mol. The number of aromatic nitrogens is 2. The predicted molar refractivity (Wildman–Crippen MR) is 79.5 cm³/mol. The highest BCUT2D eigenvalue weighted by atomic mass is 15.2. The highest BCUT2D eigenvalue weighted by molar-refractivity contribution is 5.77. The fourth-order valence-electron chi connectivity index (χ4n) is 2.92. The summed E-state index contributed by atoms with van der Waals surface area (Å²) in [6, 6.07) is 4.47. The SMILES string of the molecule is Cc1cc2ncn(CCN3CCCCC3)c2cc1C. The van der Waals surface area contributed by atoms with E-state index in [0.29, 0.717) is 0 Å². The summed E-state index contributed by atoms with van der Waals surface area (Å²) in [5.74, 6) is 0. The molecule has 0 saturated carbocycles. The van der Waals surface area contributed by atoms with Crippen molar-refractivity contribution in [2.75, 3.05) is 19.6 Å². The van der Waals surface area contributed by atoms with Gasteiger partial charge in [-0.3, -0.25) is 0 Å². The number of aryl methyl sites for hydroxylation is 2. The normalized spacial score (nSPS) is 17.2. The number of likely N-dealkylation sites (tertiary alicyclic amines) is 1. The van der Waals surface area contributed by atoms with E-state index in [1.165, 1.54) is 49.0 Å². The van der Waals surface area contributed by atoms with E-state index in [1.807, 2.05) is 6.33 Å². The molecule has 0 spiro atoms. The van der Waals surface area contributed by atoms with Crippen molar-refractivity contribution in [1.29, 1.82) is 0 Å². The van der Waals surface area contributed by atoms with Gasteiger partial charge in [0.15, 0.2) is 0 Å². The lowest BCUT2D eigenvalue weighted by Crippen LogP contribution is -2.32. The Morgan fingerprint density at radius 1 is 1.00 bits per heavy atom. The summed E-state index contributed by atoms with van der Waals surface area (Å²) in [6.07, 6.45) is 6.13. The Bertz CT molecular complexity index is 565. The van der Waals surface area contributed by atoms with E-state index in [9.17, 15) is 0 Å². The zero-order chi connectivity index (χ0) is 13.2. The van der Waals surface area contributed by atoms with Gasteiger partial charge in [0.25, 0.3) is 0 Å². The molecule has 1 aliphatic heterocycles. The molecule has 19 heavy (non-hydrogen) atoms. The van der Waals surface area contributed by atoms with E-state index in [4.69, 9.17) is 0 Å². The number of imidazole rings is 1. The van der Waals surface area contributed by atoms with Gasteiger partial charge in [0.2, 0.25) is 0 Å². The molecule has 2 aromatic rings. The van der Waals surface area contributed by atoms with Crippen molar-refractivity contribution in [2.24, 2.45) is 0 Å². The number of rotatable bonds is 3. The maximum Gasteiger partial charge on any atom is 0.0958 e. The molecule has 3 rings (SSSR count). The molecule has 1 aliphatic rings. The minimum atomic E-state index is 1.05. The largest absolute Gasteiger partial charge is 0.329 e. The molecule has 0 amide bonds. The summed E-state index contributed by atoms with van der Waals surface area (Å²) < 4.78 is 2.30. The Morgan fingerprint density at radius 3 is 2.53 bits per heavy atom. The first kappa shape index (κ1) is 12.7. The number of hydrogen-bond acceptors (Lipinski definition) is 2. The van der Waals surface area contributed by atoms with Gasteiger partial charge in [-0.25, -0.2) is 4.98 Å². The summed E-state index contributed by atoms with van der Waals surface area (Å²) in [6.45, 7) is 9.07. The Hall–Kier alpha value is -1.35. The molecule has 102 valence electrons. The molecule has 2 heterocycles. The second-order valence-corrected chi connectivity index (χ2v) is 5.77. The lowest BCUT2D eigenvalue weighted by Gasteiger charge is -2.26. The molecule has 1 fully saturated rings. The first-order valence-electron chi connectivity index (χ1n) is 7.38. The van der Waals surface area contributed by atoms with Gasteiger partial charge < -0.3 is 9.47 Å². The molecule has 0 N–H and O–H groups in total. The van der Waals surface area contributed by atoms with Gasteiger partial charge >= 0.3 is 0 Å². The van der Waals surface area contributed by atoms with Crippen LogP contribution in [0.2, 0.25) is 0 Å². The van der Waals surface area contributed by atoms with Crippen LogP contribution in [-0.2, 0) is 6.54 Å². The van der Waals surface area contributed by atoms with E-state index in [1.54, 1.807) is 0 Å². The Balaban J connectivity index is 1.75. The molecule has 3 heteroatoms. The van der Waals surface area contributed by atoms with Crippen molar-refractivity contribution in [1.82, 2.24) is 14.5 Å². The minimum absolute atomic E-state index is 1.05. The summed E-state index contributed by atoms with van der Waals surface area (Å²) in [5.41, 5.74) is 5.09. The van der Waals surface area contributed by atoms with Crippen molar-refractivity contribution >= 4 is 11.0 Å². The summed E-state index contributed by atoms with van der Waals surface area (Å²) in [7, 11) is 0. The fourth-order valence-corrected chi connectivity index (χ4v) is 2.92. The van der Waals surface area contributed by atoms with E-state index in [2.05, 4.69) is 40.4 Å². The van der Waals surface area contributed by atoms with Gasteiger partial charge in [-0.2, -0.15) is 0 Å². The van der Waals surface area contributed by atoms with Gasteiger partial charge in [-0.05, 0) is 63.0 Å². The van der Waals surface area contributed by atoms with Crippen molar-refractivity contribution in [3.8, 4) is 0 Å². The zero-order valence-corrected chi connectivity index (χ0v) is 12.0. The van der Waals surface area contributed by atoms with Crippen LogP contribution in [0.15, 0.2) is 18.5 Å². The molecule has 0 atom stereocenters. The van der Waals surface area contributed by atoms with Crippen LogP contribution in [0.5, 0.6) is 0 Å². The first-order chi connectivity index (χ1) is 9.24. The monoisotopic (exact) mass is 257 g/mol. The van der Waals surface area contributed by atoms with Gasteiger partial charge in [-0.15, -0.1) is 0 Å². The standard InChI is InChI=1S/C16H23N3/c1-13-10-15-16(11-14(13)2)19(12-17-15)9-8-18-6-4-3-5-7-18/h10-12H,3-9H2,1-2H3. The van der Waals surface area contributed by atoms with Crippen LogP contribution in [0, 0.1) is 13.8 Å². The van der Waals surface area contributed by atoms with Crippen LogP contribution >= 0.6 is 0 Å². The van der Waals surface area contributed by atoms with E-state index < -0.39 is 0 Å². The van der Waals surface area contributed by atoms with Crippen LogP contribution in [0.3, 0.4) is 0 Å². The highest BCUT2D eigenvalue weighted by Crippen LogP contribution is 2.18. The van der Waals surface area contributed by atoms with Crippen LogP contribution < -0.4 is 0 Å². The molecule has 0 aliphatic carbocycles. The summed E-state index contributed by atoms with van der Waals surface area (Å²) >= 11 is 0. The predicted octanol–water partition coefficient (Wildman–Crippen LogP) is 3.14. The van der Waals surface area contributed by atoms with Crippen LogP contribution in [0.4, 0.5) is 0 Å². The number of hydrogen-bond donors (Lipinski definition) is 0. The lowest BCUT2D eigenvalue weighted by atomic mass is 10.1. The van der Waals surface area contributed by atoms with Gasteiger partial charge in [0.1, 0.15) is 0 Å². The van der Waals surface area contributed by atoms with Crippen molar-refractivity contribution < 1.29 is 0 Å². The van der Waals surface area contributed by atoms with Gasteiger partial charge in [-0.1, -0.05) is 6.42 Å². The Morgan fingerprint density at radius 2 is 1.74 bits per heavy atom. The van der Waals surface area contributed by atoms with Gasteiger partial charge in [0, 0.05) is 13.1 Å². The Kier molecular flexibility index (Phi) is 3.56. The lowest BCUT2D eigenvalue weighted by molar-refractivity contribution is 0.221. The molecule has 3 nitrogen and oxygen atoms in total. The summed E-state index contributed by atoms with van der Waals surface area (Å²) in [4.78, 5) is 7.11. The smallest absolute Gasteiger partial charge is 0.0958 e. The van der Waals surface area contributed by atoms with Crippen LogP contribution in [-0.4, -0.2) is 34.1 Å². The molecule has 1 saturated heterocycles. The van der Waals surface area contributed by atoms with E-state index in [0.717, 1.165) is 18.6 Å². The third-order valence-corrected chi connectivity index (χ3v) is 4.34. The average Bonchev–Trinajstić information content (AvgIpc) is 2.80. The van der Waals surface area contributed by atoms with Gasteiger partial charge in [0.05, 0.1) is 17.4 Å². The minimum Gasteiger partial charge on any atom is -0.329 e. The molecule has 1 aromatic heterocycles. The zero-order valence-electron chi connectivity index (χ0n) is 12.0. The van der Waals surface area contributed by atoms with Crippen molar-refractivity contribution in [3.63, 3.8) is 0 Å².